The Morgan fingerprint density at radius 1 is 0.672 bits per heavy atom. The fourth-order valence-corrected chi connectivity index (χ4v) is 7.02. The molecule has 25 heteroatoms. The number of nitrogens with zero attached hydrogens (tertiary/aromatic N) is 5. The number of allylic oxidation sites excluding steroid dienone is 1. The van der Waals surface area contributed by atoms with Gasteiger partial charge in [-0.3, -0.25) is 19.2 Å². The van der Waals surface area contributed by atoms with E-state index in [2.05, 4.69) is 28.2 Å². The maximum Gasteiger partial charge on any atom is 0.326 e. The van der Waals surface area contributed by atoms with Crippen LogP contribution in [-0.4, -0.2) is 172 Å². The molecule has 3 heterocycles. The molecule has 0 aromatic carbocycles. The summed E-state index contributed by atoms with van der Waals surface area (Å²) in [4.78, 5) is 73.2. The molecular formula is C36H60N7O15S3-3. The Balaban J connectivity index is 0.000000458. The number of amides is 4. The summed E-state index contributed by atoms with van der Waals surface area (Å²) in [6.45, 7) is 7.35. The summed E-state index contributed by atoms with van der Waals surface area (Å²) in [5.74, 6) is 5.96. The molecule has 3 aliphatic rings. The minimum atomic E-state index is -1.89. The Hall–Kier alpha value is -4.08. The number of esters is 1. The Labute approximate surface area is 362 Å². The number of carboxylic acid groups (broad SMARTS) is 2. The van der Waals surface area contributed by atoms with Gasteiger partial charge in [0.2, 0.25) is 0 Å². The zero-order chi connectivity index (χ0) is 46.8. The first kappa shape index (κ1) is 54.9. The van der Waals surface area contributed by atoms with E-state index in [1.165, 1.54) is 21.8 Å². The molecule has 1 saturated heterocycles. The van der Waals surface area contributed by atoms with E-state index < -0.39 is 97.7 Å². The van der Waals surface area contributed by atoms with Crippen molar-refractivity contribution in [1.82, 2.24) is 35.6 Å². The molecule has 0 spiro atoms. The molecule has 61 heavy (non-hydrogen) atoms. The number of aliphatic carboxylic acids is 2. The molecule has 3 rings (SSSR count). The van der Waals surface area contributed by atoms with E-state index >= 15 is 0 Å². The molecule has 4 N–H and O–H groups in total. The molecule has 6 atom stereocenters. The van der Waals surface area contributed by atoms with Gasteiger partial charge in [0, 0.05) is 53.7 Å². The van der Waals surface area contributed by atoms with Crippen LogP contribution in [0, 0.1) is 5.92 Å². The van der Waals surface area contributed by atoms with Crippen LogP contribution in [0.25, 0.3) is 0 Å². The van der Waals surface area contributed by atoms with Crippen molar-refractivity contribution in [1.29, 1.82) is 0 Å². The molecule has 0 bridgehead atoms. The number of nitrogens with one attached hydrogen (secondary N) is 2. The van der Waals surface area contributed by atoms with Gasteiger partial charge in [-0.2, -0.15) is 32.8 Å². The summed E-state index contributed by atoms with van der Waals surface area (Å²) in [6.07, 6.45) is 9.67. The number of carbonyl (C=O) groups excluding carboxylic acids is 4. The lowest BCUT2D eigenvalue weighted by Crippen LogP contribution is -2.56. The first-order valence-electron chi connectivity index (χ1n) is 18.7. The van der Waals surface area contributed by atoms with E-state index in [1.807, 2.05) is 0 Å². The van der Waals surface area contributed by atoms with Crippen molar-refractivity contribution in [3.63, 3.8) is 0 Å². The highest BCUT2D eigenvalue weighted by molar-refractivity contribution is 7.78. The summed E-state index contributed by atoms with van der Waals surface area (Å²) in [7, 11) is 0.666. The van der Waals surface area contributed by atoms with E-state index in [1.54, 1.807) is 73.3 Å². The number of Topliss-reactive ketones (excluding diaryl/α,β-unsaturated/α-hetero) is 1. The Bertz CT molecular complexity index is 1790. The Morgan fingerprint density at radius 3 is 1.52 bits per heavy atom. The number of carbonyl (C=O) groups is 6. The molecule has 1 fully saturated rings. The minimum absolute atomic E-state index is 0.145. The SMILES string of the molecule is C=[S-](=O)ON1CC=CCC(C(C)=O)C1C(=O)OC(C)(C)C.C=[S-](=O)ON1CC=CCC(NC(=O)N(C)C)C1C(=O)O.C=[S-](=O)ON1CCCCC(NC(=O)N(C)C)C1C(=O)O. The fourth-order valence-electron chi connectivity index (χ4n) is 5.90. The van der Waals surface area contributed by atoms with Crippen molar-refractivity contribution >= 4 is 85.4 Å². The van der Waals surface area contributed by atoms with Gasteiger partial charge in [-0.25, -0.2) is 9.59 Å². The second-order valence-corrected chi connectivity index (χ2v) is 17.3. The van der Waals surface area contributed by atoms with E-state index in [9.17, 15) is 51.6 Å². The molecule has 350 valence electrons. The van der Waals surface area contributed by atoms with Crippen LogP contribution in [0.2, 0.25) is 0 Å². The first-order chi connectivity index (χ1) is 28.3. The summed E-state index contributed by atoms with van der Waals surface area (Å²) in [5, 5.41) is 27.4. The monoisotopic (exact) mass is 926 g/mol. The van der Waals surface area contributed by atoms with Gasteiger partial charge in [0.15, 0.2) is 12.1 Å². The highest BCUT2D eigenvalue weighted by atomic mass is 32.2. The van der Waals surface area contributed by atoms with E-state index in [-0.39, 0.29) is 24.9 Å². The van der Waals surface area contributed by atoms with Crippen LogP contribution >= 0.6 is 0 Å². The van der Waals surface area contributed by atoms with Gasteiger partial charge in [0.05, 0.1) is 12.1 Å². The predicted octanol–water partition coefficient (Wildman–Crippen LogP) is 0.798. The van der Waals surface area contributed by atoms with Gasteiger partial charge in [-0.15, -0.1) is 32.0 Å². The summed E-state index contributed by atoms with van der Waals surface area (Å²) in [6, 6.07) is -5.29. The summed E-state index contributed by atoms with van der Waals surface area (Å²) in [5.41, 5.74) is -0.687. The highest BCUT2D eigenvalue weighted by Crippen LogP contribution is 2.25. The maximum absolute atomic E-state index is 12.4. The molecule has 6 unspecified atom stereocenters. The smallest absolute Gasteiger partial charge is 0.326 e. The van der Waals surface area contributed by atoms with Crippen LogP contribution in [0.1, 0.15) is 59.8 Å². The average Bonchev–Trinajstić information content (AvgIpc) is 3.53. The zero-order valence-corrected chi connectivity index (χ0v) is 38.2. The number of urea groups is 2. The molecule has 4 amide bonds. The topological polar surface area (TPSA) is 271 Å². The largest absolute Gasteiger partial charge is 0.480 e. The number of carboxylic acids is 2. The average molecular weight is 927 g/mol. The predicted molar refractivity (Wildman–Crippen MR) is 229 cm³/mol. The van der Waals surface area contributed by atoms with Crippen LogP contribution in [-0.2, 0) is 81.4 Å². The van der Waals surface area contributed by atoms with E-state index in [0.29, 0.717) is 32.2 Å². The van der Waals surface area contributed by atoms with Crippen molar-refractivity contribution in [2.24, 2.45) is 5.92 Å². The van der Waals surface area contributed by atoms with Crippen molar-refractivity contribution in [2.75, 3.05) is 47.8 Å². The van der Waals surface area contributed by atoms with Crippen LogP contribution in [0.4, 0.5) is 9.59 Å². The van der Waals surface area contributed by atoms with Crippen molar-refractivity contribution in [3.05, 3.63) is 24.3 Å². The van der Waals surface area contributed by atoms with Gasteiger partial charge >= 0.3 is 30.0 Å². The lowest BCUT2D eigenvalue weighted by Gasteiger charge is -2.34. The second kappa shape index (κ2) is 26.4. The third-order valence-corrected chi connectivity index (χ3v) is 9.62. The molecule has 22 nitrogen and oxygen atoms in total. The quantitative estimate of drug-likeness (QED) is 0.0912. The van der Waals surface area contributed by atoms with Crippen LogP contribution in [0.3, 0.4) is 0 Å². The number of rotatable bonds is 12. The number of hydroxylamine groups is 6. The van der Waals surface area contributed by atoms with Gasteiger partial charge in [-0.05, 0) is 59.8 Å². The van der Waals surface area contributed by atoms with Crippen molar-refractivity contribution < 1.29 is 69.2 Å². The molecule has 3 aliphatic heterocycles. The first-order valence-corrected chi connectivity index (χ1v) is 22.4. The van der Waals surface area contributed by atoms with Crippen LogP contribution < -0.4 is 10.6 Å². The number of ether oxygens (including phenoxy) is 1. The van der Waals surface area contributed by atoms with Crippen molar-refractivity contribution in [2.45, 2.75) is 95.6 Å². The van der Waals surface area contributed by atoms with Gasteiger partial charge in [0.25, 0.3) is 0 Å². The van der Waals surface area contributed by atoms with E-state index in [0.717, 1.165) is 16.5 Å². The number of hydrogen-bond donors (Lipinski definition) is 4. The van der Waals surface area contributed by atoms with Gasteiger partial charge < -0.3 is 60.9 Å². The second-order valence-electron chi connectivity index (χ2n) is 15.0. The van der Waals surface area contributed by atoms with Crippen molar-refractivity contribution in [3.8, 4) is 0 Å². The molecule has 0 saturated carbocycles. The number of hydrogen-bond acceptors (Lipinski definition) is 19. The lowest BCUT2D eigenvalue weighted by molar-refractivity contribution is -0.179. The standard InChI is InChI=1S/C14H22NO5S.C11H20N3O5S.C11H18N3O5S/c1-10(16)11-8-6-7-9-15(20-21(5)18)12(11)13(17)19-14(2,3)4;2*1-13(2)11(17)12-8-6-4-5-7-14(19-20(3)18)9(8)10(15)16/h6-7,11-12H,5,8-9H2,1-4H3;8-9H,3-7H2,1-2H3,(H,12,17)(H,15,16);4-5,8-9H,3,6-7H2,1-2H3,(H,12,17)(H,15,16)/q3*-1. The normalized spacial score (nSPS) is 23.8. The third-order valence-electron chi connectivity index (χ3n) is 8.55. The third kappa shape index (κ3) is 20.1. The minimum Gasteiger partial charge on any atom is -0.480 e. The highest BCUT2D eigenvalue weighted by Gasteiger charge is 2.40. The summed E-state index contributed by atoms with van der Waals surface area (Å²) >= 11 is 0. The lowest BCUT2D eigenvalue weighted by atomic mass is 9.92. The fraction of sp³-hybridized carbons (Fsp3) is 0.639. The Morgan fingerprint density at radius 2 is 1.10 bits per heavy atom. The van der Waals surface area contributed by atoms with Gasteiger partial charge in [0.1, 0.15) is 17.4 Å². The van der Waals surface area contributed by atoms with Crippen LogP contribution in [0.5, 0.6) is 0 Å². The molecule has 0 aliphatic carbocycles. The zero-order valence-electron chi connectivity index (χ0n) is 35.7. The van der Waals surface area contributed by atoms with Crippen LogP contribution in [0.15, 0.2) is 24.3 Å². The molecule has 0 aromatic heterocycles. The summed E-state index contributed by atoms with van der Waals surface area (Å²) < 4.78 is 53.7. The van der Waals surface area contributed by atoms with E-state index in [4.69, 9.17) is 17.6 Å². The molecule has 0 radical (unpaired) electrons. The maximum atomic E-state index is 12.4. The Kier molecular flexibility index (Phi) is 23.8. The number of ketones is 1. The van der Waals surface area contributed by atoms with Gasteiger partial charge in [-0.1, -0.05) is 24.3 Å². The molecular weight excluding hydrogens is 867 g/mol. The molecule has 0 aromatic rings.